The Morgan fingerprint density at radius 3 is 2.95 bits per heavy atom. The Hall–Kier alpha value is -2.46. The lowest BCUT2D eigenvalue weighted by Gasteiger charge is -2.18. The van der Waals surface area contributed by atoms with E-state index in [1.54, 1.807) is 30.3 Å². The van der Waals surface area contributed by atoms with Gasteiger partial charge in [-0.2, -0.15) is 5.26 Å². The normalized spacial score (nSPS) is 21.5. The van der Waals surface area contributed by atoms with Gasteiger partial charge in [0.15, 0.2) is 0 Å². The van der Waals surface area contributed by atoms with Gasteiger partial charge in [-0.05, 0) is 6.07 Å². The third-order valence-corrected chi connectivity index (χ3v) is 3.83. The number of aromatic nitrogens is 4. The first-order chi connectivity index (χ1) is 10.2. The molecule has 0 saturated carbocycles. The van der Waals surface area contributed by atoms with E-state index >= 15 is 0 Å². The molecule has 0 unspecified atom stereocenters. The van der Waals surface area contributed by atoms with Gasteiger partial charge in [0.25, 0.3) is 0 Å². The van der Waals surface area contributed by atoms with Gasteiger partial charge in [-0.1, -0.05) is 5.21 Å². The van der Waals surface area contributed by atoms with E-state index in [0.29, 0.717) is 12.1 Å². The summed E-state index contributed by atoms with van der Waals surface area (Å²) in [5.74, 6) is 0.135. The maximum Gasteiger partial charge on any atom is 0.101 e. The number of hydrogen-bond acceptors (Lipinski definition) is 6. The Kier molecular flexibility index (Phi) is 3.54. The van der Waals surface area contributed by atoms with Crippen LogP contribution in [0.1, 0.15) is 17.2 Å². The van der Waals surface area contributed by atoms with Crippen molar-refractivity contribution in [3.8, 4) is 6.07 Å². The van der Waals surface area contributed by atoms with Crippen LogP contribution in [0.3, 0.4) is 0 Å². The largest absolute Gasteiger partial charge is 0.379 e. The molecule has 1 fully saturated rings. The van der Waals surface area contributed by atoms with Gasteiger partial charge in [0.05, 0.1) is 35.2 Å². The lowest BCUT2D eigenvalue weighted by Crippen LogP contribution is -2.23. The quantitative estimate of drug-likeness (QED) is 0.825. The summed E-state index contributed by atoms with van der Waals surface area (Å²) >= 11 is 0. The van der Waals surface area contributed by atoms with Crippen molar-refractivity contribution in [1.29, 1.82) is 5.26 Å². The molecule has 2 aromatic rings. The molecule has 7 nitrogen and oxygen atoms in total. The van der Waals surface area contributed by atoms with E-state index < -0.39 is 0 Å². The zero-order valence-corrected chi connectivity index (χ0v) is 12.0. The van der Waals surface area contributed by atoms with Gasteiger partial charge < -0.3 is 9.64 Å². The second kappa shape index (κ2) is 5.50. The molecule has 21 heavy (non-hydrogen) atoms. The van der Waals surface area contributed by atoms with Gasteiger partial charge in [-0.15, -0.1) is 5.10 Å². The van der Waals surface area contributed by atoms with Crippen LogP contribution in [0, 0.1) is 11.3 Å². The van der Waals surface area contributed by atoms with Gasteiger partial charge in [0.1, 0.15) is 6.07 Å². The molecule has 0 spiro atoms. The Labute approximate surface area is 122 Å². The Balaban J connectivity index is 1.89. The summed E-state index contributed by atoms with van der Waals surface area (Å²) in [4.78, 5) is 6.25. The number of nitrogens with zero attached hydrogens (tertiary/aromatic N) is 6. The van der Waals surface area contributed by atoms with Crippen LogP contribution < -0.4 is 4.90 Å². The highest BCUT2D eigenvalue weighted by Crippen LogP contribution is 2.32. The van der Waals surface area contributed by atoms with E-state index in [1.807, 2.05) is 13.2 Å². The van der Waals surface area contributed by atoms with E-state index in [-0.39, 0.29) is 12.0 Å². The van der Waals surface area contributed by atoms with Crippen molar-refractivity contribution >= 4 is 5.69 Å². The third-order valence-electron chi connectivity index (χ3n) is 3.83. The first-order valence-electron chi connectivity index (χ1n) is 6.71. The van der Waals surface area contributed by atoms with E-state index in [0.717, 1.165) is 17.9 Å². The molecule has 7 heteroatoms. The van der Waals surface area contributed by atoms with E-state index in [2.05, 4.69) is 26.3 Å². The SMILES string of the molecule is CO[C@@H]1CN(c2cnccc2C#N)C[C@H]1c1cn(C)nn1. The fraction of sp³-hybridized carbons (Fsp3) is 0.429. The van der Waals surface area contributed by atoms with Crippen LogP contribution in [-0.2, 0) is 11.8 Å². The summed E-state index contributed by atoms with van der Waals surface area (Å²) < 4.78 is 7.28. The Morgan fingerprint density at radius 2 is 2.29 bits per heavy atom. The smallest absolute Gasteiger partial charge is 0.101 e. The topological polar surface area (TPSA) is 79.9 Å². The average Bonchev–Trinajstić information content (AvgIpc) is 3.12. The van der Waals surface area contributed by atoms with E-state index in [9.17, 15) is 5.26 Å². The summed E-state index contributed by atoms with van der Waals surface area (Å²) in [6.45, 7) is 1.44. The molecule has 2 atom stereocenters. The lowest BCUT2D eigenvalue weighted by atomic mass is 10.0. The zero-order chi connectivity index (χ0) is 14.8. The summed E-state index contributed by atoms with van der Waals surface area (Å²) in [5, 5.41) is 17.4. The molecule has 0 aromatic carbocycles. The highest BCUT2D eigenvalue weighted by atomic mass is 16.5. The Bertz CT molecular complexity index is 676. The van der Waals surface area contributed by atoms with Crippen molar-refractivity contribution in [2.24, 2.45) is 7.05 Å². The van der Waals surface area contributed by atoms with Crippen LogP contribution in [0.4, 0.5) is 5.69 Å². The number of ether oxygens (including phenoxy) is 1. The first-order valence-corrected chi connectivity index (χ1v) is 6.71. The molecule has 0 N–H and O–H groups in total. The maximum absolute atomic E-state index is 9.23. The van der Waals surface area contributed by atoms with Crippen molar-refractivity contribution in [3.05, 3.63) is 35.9 Å². The molecule has 1 saturated heterocycles. The third kappa shape index (κ3) is 2.45. The van der Waals surface area contributed by atoms with Crippen LogP contribution in [0.2, 0.25) is 0 Å². The van der Waals surface area contributed by atoms with Crippen LogP contribution in [-0.4, -0.2) is 46.3 Å². The molecule has 2 aromatic heterocycles. The number of pyridine rings is 1. The zero-order valence-electron chi connectivity index (χ0n) is 12.0. The Morgan fingerprint density at radius 1 is 1.43 bits per heavy atom. The van der Waals surface area contributed by atoms with Crippen LogP contribution in [0.15, 0.2) is 24.7 Å². The summed E-state index contributed by atoms with van der Waals surface area (Å²) in [5.41, 5.74) is 2.38. The first kappa shape index (κ1) is 13.5. The van der Waals surface area contributed by atoms with E-state index in [1.165, 1.54) is 0 Å². The second-order valence-electron chi connectivity index (χ2n) is 5.11. The van der Waals surface area contributed by atoms with Gasteiger partial charge in [-0.25, -0.2) is 0 Å². The van der Waals surface area contributed by atoms with Crippen molar-refractivity contribution < 1.29 is 4.74 Å². The van der Waals surface area contributed by atoms with Crippen LogP contribution in [0.25, 0.3) is 0 Å². The predicted molar refractivity (Wildman–Crippen MR) is 75.7 cm³/mol. The van der Waals surface area contributed by atoms with Crippen molar-refractivity contribution in [2.75, 3.05) is 25.1 Å². The summed E-state index contributed by atoms with van der Waals surface area (Å²) in [6.07, 6.45) is 5.29. The number of aryl methyl sites for hydroxylation is 1. The number of methoxy groups -OCH3 is 1. The highest BCUT2D eigenvalue weighted by molar-refractivity contribution is 5.58. The minimum absolute atomic E-state index is 0.0217. The number of hydrogen-bond donors (Lipinski definition) is 0. The van der Waals surface area contributed by atoms with Gasteiger partial charge >= 0.3 is 0 Å². The molecular formula is C14H16N6O. The highest BCUT2D eigenvalue weighted by Gasteiger charge is 2.36. The van der Waals surface area contributed by atoms with E-state index in [4.69, 9.17) is 4.74 Å². The molecule has 1 aliphatic heterocycles. The second-order valence-corrected chi connectivity index (χ2v) is 5.11. The molecule has 0 bridgehead atoms. The summed E-state index contributed by atoms with van der Waals surface area (Å²) in [7, 11) is 3.55. The molecule has 1 aliphatic rings. The fourth-order valence-electron chi connectivity index (χ4n) is 2.76. The van der Waals surface area contributed by atoms with Gasteiger partial charge in [-0.3, -0.25) is 9.67 Å². The number of anilines is 1. The van der Waals surface area contributed by atoms with Crippen LogP contribution >= 0.6 is 0 Å². The molecule has 3 rings (SSSR count). The lowest BCUT2D eigenvalue weighted by molar-refractivity contribution is 0.105. The van der Waals surface area contributed by atoms with Crippen molar-refractivity contribution in [3.63, 3.8) is 0 Å². The number of rotatable bonds is 3. The standard InChI is InChI=1S/C14H16N6O/c1-19-8-12(17-18-19)11-7-20(9-14(11)21-2)13-6-16-4-3-10(13)5-15/h3-4,6,8,11,14H,7,9H2,1-2H3/t11-,14+/m0/s1. The minimum atomic E-state index is 0.0217. The van der Waals surface area contributed by atoms with Gasteiger partial charge in [0.2, 0.25) is 0 Å². The van der Waals surface area contributed by atoms with Crippen molar-refractivity contribution in [2.45, 2.75) is 12.0 Å². The minimum Gasteiger partial charge on any atom is -0.379 e. The van der Waals surface area contributed by atoms with Gasteiger partial charge in [0, 0.05) is 39.6 Å². The van der Waals surface area contributed by atoms with Crippen molar-refractivity contribution in [1.82, 2.24) is 20.0 Å². The maximum atomic E-state index is 9.23. The molecular weight excluding hydrogens is 268 g/mol. The summed E-state index contributed by atoms with van der Waals surface area (Å²) in [6, 6.07) is 3.94. The predicted octanol–water partition coefficient (Wildman–Crippen LogP) is 0.701. The fourth-order valence-corrected chi connectivity index (χ4v) is 2.76. The monoisotopic (exact) mass is 284 g/mol. The molecule has 0 aliphatic carbocycles. The molecule has 108 valence electrons. The van der Waals surface area contributed by atoms with Crippen LogP contribution in [0.5, 0.6) is 0 Å². The average molecular weight is 284 g/mol. The number of nitriles is 1. The molecule has 3 heterocycles. The molecule has 0 radical (unpaired) electrons. The molecule has 0 amide bonds.